The summed E-state index contributed by atoms with van der Waals surface area (Å²) in [5.74, 6) is -0.440. The summed E-state index contributed by atoms with van der Waals surface area (Å²) in [5.41, 5.74) is 8.90. The highest BCUT2D eigenvalue weighted by atomic mass is 16.5. The van der Waals surface area contributed by atoms with E-state index in [0.717, 1.165) is 0 Å². The van der Waals surface area contributed by atoms with Gasteiger partial charge in [-0.25, -0.2) is 4.79 Å². The molecule has 0 aromatic heterocycles. The Bertz CT molecular complexity index is 491. The number of aromatic carboxylic acids is 1. The van der Waals surface area contributed by atoms with Crippen molar-refractivity contribution in [2.24, 2.45) is 5.11 Å². The Hall–Kier alpha value is -2.46. The fraction of sp³-hybridized carbons (Fsp3) is 0.182. The third-order valence-corrected chi connectivity index (χ3v) is 2.02. The molecule has 0 saturated carbocycles. The summed E-state index contributed by atoms with van der Waals surface area (Å²) < 4.78 is 5.09. The van der Waals surface area contributed by atoms with Gasteiger partial charge in [0.2, 0.25) is 0 Å². The number of carboxylic acid groups (broad SMARTS) is 1. The standard InChI is InChI=1S/C11H11N3O3/c1-17-10-5-4-9(11(15)16)7-8(10)3-2-6-13-14-12/h2-5,7H,6H2,1H3,(H,15,16). The molecule has 0 atom stereocenters. The summed E-state index contributed by atoms with van der Waals surface area (Å²) in [6, 6.07) is 4.54. The van der Waals surface area contributed by atoms with Gasteiger partial charge in [-0.05, 0) is 23.7 Å². The van der Waals surface area contributed by atoms with Crippen molar-refractivity contribution in [2.75, 3.05) is 13.7 Å². The summed E-state index contributed by atoms with van der Waals surface area (Å²) >= 11 is 0. The summed E-state index contributed by atoms with van der Waals surface area (Å²) in [6.07, 6.45) is 3.28. The fourth-order valence-electron chi connectivity index (χ4n) is 1.26. The number of nitrogens with zero attached hydrogens (tertiary/aromatic N) is 3. The van der Waals surface area contributed by atoms with Crippen molar-refractivity contribution in [3.8, 4) is 5.75 Å². The van der Waals surface area contributed by atoms with Gasteiger partial charge in [-0.15, -0.1) is 0 Å². The molecule has 1 N–H and O–H groups in total. The number of carbonyl (C=O) groups is 1. The maximum Gasteiger partial charge on any atom is 0.335 e. The Morgan fingerprint density at radius 3 is 3.00 bits per heavy atom. The SMILES string of the molecule is COc1ccc(C(=O)O)cc1C=CCN=[N+]=[N-]. The molecule has 0 fully saturated rings. The Labute approximate surface area is 97.8 Å². The average Bonchev–Trinajstić information content (AvgIpc) is 2.34. The molecule has 0 radical (unpaired) electrons. The third kappa shape index (κ3) is 3.55. The third-order valence-electron chi connectivity index (χ3n) is 2.02. The van der Waals surface area contributed by atoms with E-state index >= 15 is 0 Å². The van der Waals surface area contributed by atoms with E-state index in [2.05, 4.69) is 10.0 Å². The molecule has 0 heterocycles. The average molecular weight is 233 g/mol. The molecule has 0 saturated heterocycles. The lowest BCUT2D eigenvalue weighted by atomic mass is 10.1. The van der Waals surface area contributed by atoms with Gasteiger partial charge in [-0.1, -0.05) is 17.3 Å². The van der Waals surface area contributed by atoms with Crippen LogP contribution in [-0.2, 0) is 0 Å². The maximum atomic E-state index is 10.8. The Kier molecular flexibility index (Phi) is 4.59. The minimum atomic E-state index is -1.00. The van der Waals surface area contributed by atoms with Crippen molar-refractivity contribution in [1.29, 1.82) is 0 Å². The Balaban J connectivity index is 3.01. The highest BCUT2D eigenvalue weighted by molar-refractivity contribution is 5.88. The van der Waals surface area contributed by atoms with Crippen LogP contribution in [0.15, 0.2) is 29.4 Å². The summed E-state index contributed by atoms with van der Waals surface area (Å²) in [4.78, 5) is 13.4. The first kappa shape index (κ1) is 12.6. The number of ether oxygens (including phenoxy) is 1. The predicted octanol–water partition coefficient (Wildman–Crippen LogP) is 2.72. The van der Waals surface area contributed by atoms with Crippen LogP contribution in [0.3, 0.4) is 0 Å². The molecule has 0 bridgehead atoms. The molecule has 1 aromatic rings. The molecule has 0 amide bonds. The molecule has 0 aliphatic rings. The summed E-state index contributed by atoms with van der Waals surface area (Å²) in [7, 11) is 1.50. The van der Waals surface area contributed by atoms with Crippen LogP contribution < -0.4 is 4.74 Å². The molecule has 6 heteroatoms. The van der Waals surface area contributed by atoms with Crippen molar-refractivity contribution < 1.29 is 14.6 Å². The van der Waals surface area contributed by atoms with Crippen LogP contribution in [0.1, 0.15) is 15.9 Å². The molecular formula is C11H11N3O3. The van der Waals surface area contributed by atoms with Gasteiger partial charge in [-0.2, -0.15) is 0 Å². The zero-order valence-electron chi connectivity index (χ0n) is 9.20. The molecule has 88 valence electrons. The van der Waals surface area contributed by atoms with E-state index in [4.69, 9.17) is 15.4 Å². The second-order valence-electron chi connectivity index (χ2n) is 3.08. The van der Waals surface area contributed by atoms with E-state index in [9.17, 15) is 4.79 Å². The van der Waals surface area contributed by atoms with Crippen LogP contribution in [0.25, 0.3) is 16.5 Å². The molecule has 0 aliphatic carbocycles. The highest BCUT2D eigenvalue weighted by Gasteiger charge is 2.06. The second kappa shape index (κ2) is 6.19. The molecule has 17 heavy (non-hydrogen) atoms. The molecule has 0 aliphatic heterocycles. The van der Waals surface area contributed by atoms with Crippen molar-refractivity contribution in [3.63, 3.8) is 0 Å². The summed E-state index contributed by atoms with van der Waals surface area (Å²) in [6.45, 7) is 0.205. The Morgan fingerprint density at radius 1 is 1.65 bits per heavy atom. The van der Waals surface area contributed by atoms with E-state index in [1.165, 1.54) is 19.2 Å². The van der Waals surface area contributed by atoms with Crippen molar-refractivity contribution in [1.82, 2.24) is 0 Å². The number of methoxy groups -OCH3 is 1. The molecular weight excluding hydrogens is 222 g/mol. The maximum absolute atomic E-state index is 10.8. The lowest BCUT2D eigenvalue weighted by Gasteiger charge is -2.05. The van der Waals surface area contributed by atoms with E-state index in [0.29, 0.717) is 11.3 Å². The largest absolute Gasteiger partial charge is 0.496 e. The smallest absolute Gasteiger partial charge is 0.335 e. The van der Waals surface area contributed by atoms with Gasteiger partial charge < -0.3 is 9.84 Å². The van der Waals surface area contributed by atoms with Crippen LogP contribution >= 0.6 is 0 Å². The molecule has 0 unspecified atom stereocenters. The van der Waals surface area contributed by atoms with Gasteiger partial charge >= 0.3 is 5.97 Å². The minimum absolute atomic E-state index is 0.175. The van der Waals surface area contributed by atoms with E-state index < -0.39 is 5.97 Å². The normalized spacial score (nSPS) is 9.94. The minimum Gasteiger partial charge on any atom is -0.496 e. The topological polar surface area (TPSA) is 95.3 Å². The zero-order chi connectivity index (χ0) is 12.7. The fourth-order valence-corrected chi connectivity index (χ4v) is 1.26. The molecule has 0 spiro atoms. The monoisotopic (exact) mass is 233 g/mol. The summed E-state index contributed by atoms with van der Waals surface area (Å²) in [5, 5.41) is 12.2. The molecule has 6 nitrogen and oxygen atoms in total. The second-order valence-corrected chi connectivity index (χ2v) is 3.08. The predicted molar refractivity (Wildman–Crippen MR) is 63.0 cm³/mol. The number of rotatable bonds is 5. The van der Waals surface area contributed by atoms with Gasteiger partial charge in [0, 0.05) is 17.0 Å². The van der Waals surface area contributed by atoms with Gasteiger partial charge in [0.25, 0.3) is 0 Å². The van der Waals surface area contributed by atoms with Crippen LogP contribution in [0.5, 0.6) is 5.75 Å². The first-order valence-electron chi connectivity index (χ1n) is 4.77. The van der Waals surface area contributed by atoms with E-state index in [1.54, 1.807) is 18.2 Å². The van der Waals surface area contributed by atoms with Crippen molar-refractivity contribution in [2.45, 2.75) is 0 Å². The van der Waals surface area contributed by atoms with Gasteiger partial charge in [0.1, 0.15) is 5.75 Å². The number of carboxylic acids is 1. The molecule has 1 rings (SSSR count). The number of hydrogen-bond acceptors (Lipinski definition) is 3. The van der Waals surface area contributed by atoms with Gasteiger partial charge in [-0.3, -0.25) is 0 Å². The lowest BCUT2D eigenvalue weighted by molar-refractivity contribution is 0.0697. The Morgan fingerprint density at radius 2 is 2.41 bits per heavy atom. The first-order valence-corrected chi connectivity index (χ1v) is 4.77. The number of benzene rings is 1. The van der Waals surface area contributed by atoms with E-state index in [-0.39, 0.29) is 12.1 Å². The number of azide groups is 1. The van der Waals surface area contributed by atoms with Crippen molar-refractivity contribution >= 4 is 12.0 Å². The van der Waals surface area contributed by atoms with Gasteiger partial charge in [0.05, 0.1) is 12.7 Å². The van der Waals surface area contributed by atoms with Crippen LogP contribution in [0.4, 0.5) is 0 Å². The van der Waals surface area contributed by atoms with Gasteiger partial charge in [0.15, 0.2) is 0 Å². The lowest BCUT2D eigenvalue weighted by Crippen LogP contribution is -1.97. The quantitative estimate of drug-likeness (QED) is 0.481. The van der Waals surface area contributed by atoms with Crippen LogP contribution in [0.2, 0.25) is 0 Å². The number of hydrogen-bond donors (Lipinski definition) is 1. The van der Waals surface area contributed by atoms with E-state index in [1.807, 2.05) is 0 Å². The van der Waals surface area contributed by atoms with Crippen LogP contribution in [-0.4, -0.2) is 24.7 Å². The highest BCUT2D eigenvalue weighted by Crippen LogP contribution is 2.21. The van der Waals surface area contributed by atoms with Crippen molar-refractivity contribution in [3.05, 3.63) is 45.8 Å². The van der Waals surface area contributed by atoms with Crippen LogP contribution in [0, 0.1) is 0 Å². The molecule has 1 aromatic carbocycles. The first-order chi connectivity index (χ1) is 8.19. The zero-order valence-corrected chi connectivity index (χ0v) is 9.20.